The zero-order chi connectivity index (χ0) is 29.5. The third kappa shape index (κ3) is 5.22. The molecule has 41 heavy (non-hydrogen) atoms. The van der Waals surface area contributed by atoms with Gasteiger partial charge in [0.2, 0.25) is 10.0 Å². The van der Waals surface area contributed by atoms with Crippen LogP contribution in [0.1, 0.15) is 47.6 Å². The highest BCUT2D eigenvalue weighted by Crippen LogP contribution is 2.38. The molecule has 2 atom stereocenters. The molecule has 0 amide bonds. The smallest absolute Gasteiger partial charge is 0.309 e. The number of rotatable bonds is 7. The number of anilines is 1. The van der Waals surface area contributed by atoms with E-state index >= 15 is 0 Å². The van der Waals surface area contributed by atoms with Crippen molar-refractivity contribution in [2.45, 2.75) is 45.1 Å². The molecule has 0 radical (unpaired) electrons. The molecule has 1 aliphatic rings. The zero-order valence-electron chi connectivity index (χ0n) is 24.5. The van der Waals surface area contributed by atoms with Crippen LogP contribution >= 0.6 is 0 Å². The summed E-state index contributed by atoms with van der Waals surface area (Å²) in [5.41, 5.74) is 7.12. The molecule has 4 aromatic rings. The number of nitrogens with zero attached hydrogens (tertiary/aromatic N) is 5. The number of hydrogen-bond acceptors (Lipinski definition) is 7. The maximum absolute atomic E-state index is 13.8. The van der Waals surface area contributed by atoms with Gasteiger partial charge in [-0.2, -0.15) is 4.31 Å². The lowest BCUT2D eigenvalue weighted by Crippen LogP contribution is -2.33. The predicted molar refractivity (Wildman–Crippen MR) is 159 cm³/mol. The van der Waals surface area contributed by atoms with Crippen molar-refractivity contribution in [3.63, 3.8) is 0 Å². The normalized spacial score (nSPS) is 16.7. The molecule has 0 N–H and O–H groups in total. The molecule has 9 nitrogen and oxygen atoms in total. The third-order valence-corrected chi connectivity index (χ3v) is 10.1. The Bertz CT molecular complexity index is 1710. The van der Waals surface area contributed by atoms with Gasteiger partial charge in [0.05, 0.1) is 23.7 Å². The second-order valence-corrected chi connectivity index (χ2v) is 12.7. The zero-order valence-corrected chi connectivity index (χ0v) is 25.3. The van der Waals surface area contributed by atoms with E-state index in [1.165, 1.54) is 0 Å². The Morgan fingerprint density at radius 3 is 2.56 bits per heavy atom. The lowest BCUT2D eigenvalue weighted by molar-refractivity contribution is -0.147. The van der Waals surface area contributed by atoms with Crippen LogP contribution in [0, 0.1) is 19.8 Å². The van der Waals surface area contributed by atoms with Crippen LogP contribution in [0.3, 0.4) is 0 Å². The van der Waals surface area contributed by atoms with E-state index in [9.17, 15) is 13.2 Å². The van der Waals surface area contributed by atoms with E-state index in [1.807, 2.05) is 82.2 Å². The van der Waals surface area contributed by atoms with Gasteiger partial charge in [0, 0.05) is 39.6 Å². The number of carbonyl (C=O) groups is 1. The molecular weight excluding hydrogens is 538 g/mol. The molecule has 216 valence electrons. The van der Waals surface area contributed by atoms with Gasteiger partial charge in [-0.25, -0.2) is 13.1 Å². The first-order valence-corrected chi connectivity index (χ1v) is 15.3. The van der Waals surface area contributed by atoms with Gasteiger partial charge < -0.3 is 9.64 Å². The second kappa shape index (κ2) is 11.3. The summed E-state index contributed by atoms with van der Waals surface area (Å²) in [6.45, 7) is 9.14. The molecule has 3 aromatic carbocycles. The molecule has 0 fully saturated rings. The number of hydrogen-bond donors (Lipinski definition) is 0. The van der Waals surface area contributed by atoms with Gasteiger partial charge in [-0.1, -0.05) is 48.5 Å². The average molecular weight is 576 g/mol. The van der Waals surface area contributed by atoms with Crippen molar-refractivity contribution in [3.8, 4) is 0 Å². The Hall–Kier alpha value is -3.76. The maximum Gasteiger partial charge on any atom is 0.309 e. The monoisotopic (exact) mass is 575 g/mol. The number of carbonyl (C=O) groups excluding carboxylic acids is 1. The molecular formula is C31H37N5O4S. The summed E-state index contributed by atoms with van der Waals surface area (Å²) in [4.78, 5) is 15.4. The van der Waals surface area contributed by atoms with Gasteiger partial charge in [-0.05, 0) is 66.8 Å². The largest absolute Gasteiger partial charge is 0.466 e. The van der Waals surface area contributed by atoms with Crippen molar-refractivity contribution in [2.24, 2.45) is 13.0 Å². The SMILES string of the molecule is CCOC(=O)C(C)C(c1ccc(C)c(CN2CCN(C)c3ccccc3S2(=O)=O)c1)c1ccc2c(nnn2C)c1C. The predicted octanol–water partition coefficient (Wildman–Crippen LogP) is 4.56. The Labute approximate surface area is 241 Å². The minimum atomic E-state index is -3.72. The van der Waals surface area contributed by atoms with Gasteiger partial charge in [-0.15, -0.1) is 5.10 Å². The highest BCUT2D eigenvalue weighted by Gasteiger charge is 2.33. The number of fused-ring (bicyclic) bond motifs is 2. The van der Waals surface area contributed by atoms with E-state index in [0.717, 1.165) is 38.9 Å². The van der Waals surface area contributed by atoms with E-state index in [2.05, 4.69) is 10.3 Å². The molecule has 0 spiro atoms. The summed E-state index contributed by atoms with van der Waals surface area (Å²) in [6.07, 6.45) is 0. The summed E-state index contributed by atoms with van der Waals surface area (Å²) >= 11 is 0. The first-order valence-electron chi connectivity index (χ1n) is 13.9. The molecule has 1 aromatic heterocycles. The average Bonchev–Trinajstić information content (AvgIpc) is 3.30. The molecule has 2 unspecified atom stereocenters. The first kappa shape index (κ1) is 28.8. The van der Waals surface area contributed by atoms with Crippen molar-refractivity contribution in [1.29, 1.82) is 0 Å². The second-order valence-electron chi connectivity index (χ2n) is 10.8. The highest BCUT2D eigenvalue weighted by atomic mass is 32.2. The fourth-order valence-corrected chi connectivity index (χ4v) is 7.42. The minimum absolute atomic E-state index is 0.229. The van der Waals surface area contributed by atoms with Crippen molar-refractivity contribution in [1.82, 2.24) is 19.3 Å². The number of para-hydroxylation sites is 1. The van der Waals surface area contributed by atoms with E-state index < -0.39 is 15.9 Å². The molecule has 0 saturated carbocycles. The van der Waals surface area contributed by atoms with Gasteiger partial charge in [0.15, 0.2) is 0 Å². The Balaban J connectivity index is 1.58. The topological polar surface area (TPSA) is 97.6 Å². The van der Waals surface area contributed by atoms with Gasteiger partial charge in [0.1, 0.15) is 10.4 Å². The first-order chi connectivity index (χ1) is 19.5. The Kier molecular flexibility index (Phi) is 7.89. The quantitative estimate of drug-likeness (QED) is 0.298. The van der Waals surface area contributed by atoms with Crippen LogP contribution in [0.15, 0.2) is 59.5 Å². The summed E-state index contributed by atoms with van der Waals surface area (Å²) in [7, 11) is 0.0534. The molecule has 10 heteroatoms. The number of likely N-dealkylation sites (N-methyl/N-ethyl adjacent to an activating group) is 1. The fourth-order valence-electron chi connectivity index (χ4n) is 5.77. The molecule has 1 aliphatic heterocycles. The Morgan fingerprint density at radius 1 is 1.05 bits per heavy atom. The number of sulfonamides is 1. The lowest BCUT2D eigenvalue weighted by Gasteiger charge is -2.27. The van der Waals surface area contributed by atoms with Crippen molar-refractivity contribution >= 4 is 32.7 Å². The molecule has 2 heterocycles. The van der Waals surface area contributed by atoms with Gasteiger partial charge >= 0.3 is 5.97 Å². The Morgan fingerprint density at radius 2 is 1.80 bits per heavy atom. The third-order valence-electron chi connectivity index (χ3n) is 8.23. The highest BCUT2D eigenvalue weighted by molar-refractivity contribution is 7.89. The summed E-state index contributed by atoms with van der Waals surface area (Å²) in [5.74, 6) is -1.10. The minimum Gasteiger partial charge on any atom is -0.466 e. The van der Waals surface area contributed by atoms with Gasteiger partial charge in [-0.3, -0.25) is 4.79 Å². The standard InChI is InChI=1S/C31H37N5O4S/c1-7-40-31(37)22(4)29(25-14-15-27-30(21(25)3)32-33-35(27)6)23-13-12-20(2)24(18-23)19-36-17-16-34(5)26-10-8-9-11-28(26)41(36,38)39/h8-15,18,22,29H,7,16-17,19H2,1-6H3. The van der Waals surface area contributed by atoms with Crippen LogP contribution in [0.5, 0.6) is 0 Å². The van der Waals surface area contributed by atoms with E-state index in [0.29, 0.717) is 30.3 Å². The van der Waals surface area contributed by atoms with E-state index in [1.54, 1.807) is 28.0 Å². The summed E-state index contributed by atoms with van der Waals surface area (Å²) < 4.78 is 36.3. The molecule has 5 rings (SSSR count). The number of ether oxygens (including phenoxy) is 1. The van der Waals surface area contributed by atoms with Crippen LogP contribution < -0.4 is 4.90 Å². The van der Waals surface area contributed by atoms with E-state index in [4.69, 9.17) is 4.74 Å². The van der Waals surface area contributed by atoms with Gasteiger partial charge in [0.25, 0.3) is 0 Å². The lowest BCUT2D eigenvalue weighted by atomic mass is 9.78. The number of benzene rings is 3. The molecule has 0 saturated heterocycles. The van der Waals surface area contributed by atoms with Crippen LogP contribution in [-0.4, -0.2) is 60.4 Å². The van der Waals surface area contributed by atoms with Crippen LogP contribution in [0.2, 0.25) is 0 Å². The number of aromatic nitrogens is 3. The van der Waals surface area contributed by atoms with Crippen LogP contribution in [-0.2, 0) is 33.1 Å². The summed E-state index contributed by atoms with van der Waals surface area (Å²) in [5, 5.41) is 8.55. The van der Waals surface area contributed by atoms with Crippen molar-refractivity contribution in [2.75, 3.05) is 31.6 Å². The number of esters is 1. The molecule has 0 bridgehead atoms. The van der Waals surface area contributed by atoms with Crippen LogP contribution in [0.25, 0.3) is 11.0 Å². The maximum atomic E-state index is 13.8. The van der Waals surface area contributed by atoms with Crippen LogP contribution in [0.4, 0.5) is 5.69 Å². The summed E-state index contributed by atoms with van der Waals surface area (Å²) in [6, 6.07) is 17.2. The molecule has 0 aliphatic carbocycles. The van der Waals surface area contributed by atoms with Crippen molar-refractivity contribution in [3.05, 3.63) is 82.4 Å². The van der Waals surface area contributed by atoms with Crippen molar-refractivity contribution < 1.29 is 17.9 Å². The van der Waals surface area contributed by atoms with E-state index in [-0.39, 0.29) is 18.4 Å². The number of aryl methyl sites for hydroxylation is 3. The fraction of sp³-hybridized carbons (Fsp3) is 0.387.